The number of rotatable bonds is 3. The molecule has 1 N–H and O–H groups in total. The third-order valence-corrected chi connectivity index (χ3v) is 3.64. The molecule has 0 saturated heterocycles. The van der Waals surface area contributed by atoms with Gasteiger partial charge in [-0.2, -0.15) is 5.10 Å². The van der Waals surface area contributed by atoms with Gasteiger partial charge in [-0.15, -0.1) is 0 Å². The van der Waals surface area contributed by atoms with E-state index in [-0.39, 0.29) is 16.4 Å². The van der Waals surface area contributed by atoms with Crippen LogP contribution < -0.4 is 0 Å². The zero-order valence-electron chi connectivity index (χ0n) is 11.8. The zero-order chi connectivity index (χ0) is 17.4. The SMILES string of the molecule is O=C(O)c1nn(-c2cc(F)ccc2F)c(-c2ccc(F)cc2)c1Cl. The number of aromatic nitrogens is 2. The Morgan fingerprint density at radius 1 is 1.04 bits per heavy atom. The molecule has 2 aromatic carbocycles. The summed E-state index contributed by atoms with van der Waals surface area (Å²) in [5.74, 6) is -3.51. The Labute approximate surface area is 138 Å². The maximum absolute atomic E-state index is 14.1. The minimum absolute atomic E-state index is 0.0126. The van der Waals surface area contributed by atoms with Crippen LogP contribution in [0.15, 0.2) is 42.5 Å². The van der Waals surface area contributed by atoms with Gasteiger partial charge in [0.2, 0.25) is 0 Å². The number of carboxylic acid groups (broad SMARTS) is 1. The molecule has 8 heteroatoms. The Morgan fingerprint density at radius 2 is 1.67 bits per heavy atom. The zero-order valence-corrected chi connectivity index (χ0v) is 12.6. The molecule has 0 radical (unpaired) electrons. The smallest absolute Gasteiger partial charge is 0.358 e. The summed E-state index contributed by atoms with van der Waals surface area (Å²) in [5, 5.41) is 12.7. The molecule has 0 bridgehead atoms. The topological polar surface area (TPSA) is 55.1 Å². The molecule has 0 saturated carbocycles. The van der Waals surface area contributed by atoms with E-state index in [0.717, 1.165) is 35.0 Å². The summed E-state index contributed by atoms with van der Waals surface area (Å²) in [6.07, 6.45) is 0. The molecule has 0 atom stereocenters. The van der Waals surface area contributed by atoms with Crippen LogP contribution in [-0.4, -0.2) is 20.9 Å². The first-order valence-electron chi connectivity index (χ1n) is 6.61. The summed E-state index contributed by atoms with van der Waals surface area (Å²) in [5.41, 5.74) is -0.535. The third-order valence-electron chi connectivity index (χ3n) is 3.28. The second kappa shape index (κ2) is 6.01. The summed E-state index contributed by atoms with van der Waals surface area (Å²) in [7, 11) is 0. The summed E-state index contributed by atoms with van der Waals surface area (Å²) in [6, 6.07) is 7.58. The van der Waals surface area contributed by atoms with E-state index >= 15 is 0 Å². The van der Waals surface area contributed by atoms with Gasteiger partial charge in [-0.05, 0) is 36.4 Å². The van der Waals surface area contributed by atoms with Crippen molar-refractivity contribution in [3.05, 3.63) is 70.6 Å². The number of aromatic carboxylic acids is 1. The molecule has 3 aromatic rings. The average molecular weight is 353 g/mol. The van der Waals surface area contributed by atoms with Crippen LogP contribution in [0, 0.1) is 17.5 Å². The van der Waals surface area contributed by atoms with Crippen LogP contribution in [0.1, 0.15) is 10.5 Å². The molecule has 0 aliphatic rings. The highest BCUT2D eigenvalue weighted by Crippen LogP contribution is 2.34. The number of hydrogen-bond donors (Lipinski definition) is 1. The van der Waals surface area contributed by atoms with Crippen LogP contribution in [0.3, 0.4) is 0 Å². The van der Waals surface area contributed by atoms with E-state index < -0.39 is 29.1 Å². The lowest BCUT2D eigenvalue weighted by Crippen LogP contribution is -2.05. The maximum Gasteiger partial charge on any atom is 0.358 e. The molecule has 4 nitrogen and oxygen atoms in total. The normalized spacial score (nSPS) is 10.8. The van der Waals surface area contributed by atoms with Crippen molar-refractivity contribution in [2.75, 3.05) is 0 Å². The van der Waals surface area contributed by atoms with Crippen molar-refractivity contribution in [1.82, 2.24) is 9.78 Å². The number of carbonyl (C=O) groups is 1. The summed E-state index contributed by atoms with van der Waals surface area (Å²) >= 11 is 6.07. The monoisotopic (exact) mass is 352 g/mol. The van der Waals surface area contributed by atoms with E-state index in [1.165, 1.54) is 12.1 Å². The lowest BCUT2D eigenvalue weighted by molar-refractivity contribution is 0.0690. The summed E-state index contributed by atoms with van der Waals surface area (Å²) in [6.45, 7) is 0. The number of carboxylic acids is 1. The second-order valence-electron chi connectivity index (χ2n) is 4.83. The molecule has 122 valence electrons. The Kier molecular flexibility index (Phi) is 4.02. The van der Waals surface area contributed by atoms with Gasteiger partial charge < -0.3 is 5.11 Å². The van der Waals surface area contributed by atoms with Gasteiger partial charge in [-0.1, -0.05) is 11.6 Å². The predicted molar refractivity (Wildman–Crippen MR) is 80.8 cm³/mol. The summed E-state index contributed by atoms with van der Waals surface area (Å²) < 4.78 is 41.6. The number of hydrogen-bond acceptors (Lipinski definition) is 2. The fourth-order valence-electron chi connectivity index (χ4n) is 2.21. The van der Waals surface area contributed by atoms with E-state index in [4.69, 9.17) is 11.6 Å². The van der Waals surface area contributed by atoms with Gasteiger partial charge in [-0.25, -0.2) is 22.6 Å². The van der Waals surface area contributed by atoms with Gasteiger partial charge in [0.25, 0.3) is 0 Å². The lowest BCUT2D eigenvalue weighted by Gasteiger charge is -2.09. The Balaban J connectivity index is 2.33. The van der Waals surface area contributed by atoms with Gasteiger partial charge in [0.15, 0.2) is 5.69 Å². The van der Waals surface area contributed by atoms with Gasteiger partial charge in [0.05, 0.1) is 5.69 Å². The van der Waals surface area contributed by atoms with E-state index in [1.807, 2.05) is 0 Å². The number of benzene rings is 2. The Bertz CT molecular complexity index is 939. The first kappa shape index (κ1) is 16.1. The molecule has 24 heavy (non-hydrogen) atoms. The van der Waals surface area contributed by atoms with Crippen LogP contribution in [0.25, 0.3) is 16.9 Å². The quantitative estimate of drug-likeness (QED) is 0.764. The number of nitrogens with zero attached hydrogens (tertiary/aromatic N) is 2. The van der Waals surface area contributed by atoms with Crippen molar-refractivity contribution >= 4 is 17.6 Å². The largest absolute Gasteiger partial charge is 0.476 e. The molecule has 3 rings (SSSR count). The van der Waals surface area contributed by atoms with Crippen LogP contribution in [0.2, 0.25) is 5.02 Å². The van der Waals surface area contributed by atoms with Gasteiger partial charge >= 0.3 is 5.97 Å². The summed E-state index contributed by atoms with van der Waals surface area (Å²) in [4.78, 5) is 11.3. The van der Waals surface area contributed by atoms with E-state index in [1.54, 1.807) is 0 Å². The van der Waals surface area contributed by atoms with Crippen molar-refractivity contribution in [2.24, 2.45) is 0 Å². The van der Waals surface area contributed by atoms with Crippen LogP contribution >= 0.6 is 11.6 Å². The Hall–Kier alpha value is -2.80. The lowest BCUT2D eigenvalue weighted by atomic mass is 10.1. The molecule has 0 aliphatic carbocycles. The van der Waals surface area contributed by atoms with Crippen molar-refractivity contribution < 1.29 is 23.1 Å². The molecule has 1 heterocycles. The third kappa shape index (κ3) is 2.74. The number of halogens is 4. The van der Waals surface area contributed by atoms with E-state index in [0.29, 0.717) is 5.56 Å². The molecule has 0 unspecified atom stereocenters. The van der Waals surface area contributed by atoms with Gasteiger partial charge in [0.1, 0.15) is 28.2 Å². The molecule has 1 aromatic heterocycles. The van der Waals surface area contributed by atoms with E-state index in [9.17, 15) is 23.1 Å². The van der Waals surface area contributed by atoms with Gasteiger partial charge in [0, 0.05) is 11.6 Å². The van der Waals surface area contributed by atoms with E-state index in [2.05, 4.69) is 5.10 Å². The predicted octanol–water partition coefficient (Wildman–Crippen LogP) is 4.31. The van der Waals surface area contributed by atoms with Crippen LogP contribution in [-0.2, 0) is 0 Å². The highest BCUT2D eigenvalue weighted by Gasteiger charge is 2.24. The van der Waals surface area contributed by atoms with Crippen molar-refractivity contribution in [2.45, 2.75) is 0 Å². The molecule has 0 fully saturated rings. The maximum atomic E-state index is 14.1. The highest BCUT2D eigenvalue weighted by atomic mass is 35.5. The first-order valence-corrected chi connectivity index (χ1v) is 6.99. The average Bonchev–Trinajstić information content (AvgIpc) is 2.88. The highest BCUT2D eigenvalue weighted by molar-refractivity contribution is 6.35. The van der Waals surface area contributed by atoms with Crippen molar-refractivity contribution in [1.29, 1.82) is 0 Å². The minimum atomic E-state index is -1.43. The fourth-order valence-corrected chi connectivity index (χ4v) is 2.52. The second-order valence-corrected chi connectivity index (χ2v) is 5.21. The van der Waals surface area contributed by atoms with Crippen molar-refractivity contribution in [3.63, 3.8) is 0 Å². The van der Waals surface area contributed by atoms with Gasteiger partial charge in [-0.3, -0.25) is 0 Å². The molecule has 0 spiro atoms. The fraction of sp³-hybridized carbons (Fsp3) is 0. The molecule has 0 amide bonds. The standard InChI is InChI=1S/C16H8ClF3N2O2/c17-13-14(16(23)24)21-22(12-7-10(19)5-6-11(12)20)15(13)8-1-3-9(18)4-2-8/h1-7H,(H,23,24). The Morgan fingerprint density at radius 3 is 2.29 bits per heavy atom. The van der Waals surface area contributed by atoms with Crippen LogP contribution in [0.5, 0.6) is 0 Å². The van der Waals surface area contributed by atoms with Crippen LogP contribution in [0.4, 0.5) is 13.2 Å². The molecule has 0 aliphatic heterocycles. The first-order chi connectivity index (χ1) is 11.4. The minimum Gasteiger partial charge on any atom is -0.476 e. The molecular weight excluding hydrogens is 345 g/mol. The molecular formula is C16H8ClF3N2O2. The van der Waals surface area contributed by atoms with Crippen molar-refractivity contribution in [3.8, 4) is 16.9 Å².